The second kappa shape index (κ2) is 9.06. The fourth-order valence-electron chi connectivity index (χ4n) is 3.84. The first-order valence-electron chi connectivity index (χ1n) is 11.1. The van der Waals surface area contributed by atoms with E-state index in [2.05, 4.69) is 25.6 Å². The molecule has 1 aliphatic carbocycles. The van der Waals surface area contributed by atoms with Crippen molar-refractivity contribution in [2.45, 2.75) is 45.3 Å². The summed E-state index contributed by atoms with van der Waals surface area (Å²) in [5.41, 5.74) is 2.53. The lowest BCUT2D eigenvalue weighted by Gasteiger charge is -2.24. The summed E-state index contributed by atoms with van der Waals surface area (Å²) in [7, 11) is 0. The van der Waals surface area contributed by atoms with Crippen molar-refractivity contribution in [3.05, 3.63) is 70.1 Å². The van der Waals surface area contributed by atoms with Crippen LogP contribution < -0.4 is 21.3 Å². The summed E-state index contributed by atoms with van der Waals surface area (Å²) in [6.45, 7) is 0.583. The summed E-state index contributed by atoms with van der Waals surface area (Å²) in [4.78, 5) is 23.0. The molecule has 35 heavy (non-hydrogen) atoms. The van der Waals surface area contributed by atoms with E-state index in [-0.39, 0.29) is 23.5 Å². The van der Waals surface area contributed by atoms with Crippen LogP contribution >= 0.6 is 0 Å². The molecule has 1 atom stereocenters. The van der Waals surface area contributed by atoms with Gasteiger partial charge in [-0.05, 0) is 68.7 Å². The summed E-state index contributed by atoms with van der Waals surface area (Å²) >= 11 is 0. The molecule has 3 N–H and O–H groups in total. The number of aryl methyl sites for hydroxylation is 1. The SMILES string of the molecule is Cc1cnc(N(c2cc(F)cc(C(C)NC3CC3)c2)C(F)F)nc1Nc1ccc2oc(=O)[nH]c2c1. The van der Waals surface area contributed by atoms with Gasteiger partial charge >= 0.3 is 12.3 Å². The van der Waals surface area contributed by atoms with Gasteiger partial charge in [-0.2, -0.15) is 13.8 Å². The smallest absolute Gasteiger partial charge is 0.408 e. The molecule has 1 aliphatic rings. The molecule has 0 spiro atoms. The lowest BCUT2D eigenvalue weighted by atomic mass is 10.1. The predicted molar refractivity (Wildman–Crippen MR) is 126 cm³/mol. The van der Waals surface area contributed by atoms with Gasteiger partial charge in [-0.3, -0.25) is 9.88 Å². The van der Waals surface area contributed by atoms with Crippen molar-refractivity contribution in [3.63, 3.8) is 0 Å². The molecule has 0 amide bonds. The van der Waals surface area contributed by atoms with E-state index in [1.165, 1.54) is 18.3 Å². The number of halogens is 3. The third-order valence-corrected chi connectivity index (χ3v) is 5.80. The lowest BCUT2D eigenvalue weighted by Crippen LogP contribution is -2.27. The van der Waals surface area contributed by atoms with Crippen LogP contribution in [0.15, 0.2) is 51.8 Å². The zero-order chi connectivity index (χ0) is 24.7. The van der Waals surface area contributed by atoms with Crippen LogP contribution in [0.5, 0.6) is 0 Å². The first kappa shape index (κ1) is 22.9. The Bertz CT molecular complexity index is 1430. The van der Waals surface area contributed by atoms with E-state index < -0.39 is 18.1 Å². The molecule has 0 radical (unpaired) electrons. The van der Waals surface area contributed by atoms with E-state index in [1.807, 2.05) is 6.92 Å². The lowest BCUT2D eigenvalue weighted by molar-refractivity contribution is 0.154. The fraction of sp³-hybridized carbons (Fsp3) is 0.292. The Kier molecular flexibility index (Phi) is 5.93. The van der Waals surface area contributed by atoms with Crippen molar-refractivity contribution in [2.75, 3.05) is 10.2 Å². The molecule has 2 aromatic carbocycles. The number of aromatic nitrogens is 3. The minimum Gasteiger partial charge on any atom is -0.408 e. The highest BCUT2D eigenvalue weighted by molar-refractivity contribution is 5.78. The van der Waals surface area contributed by atoms with Crippen molar-refractivity contribution in [1.82, 2.24) is 20.3 Å². The van der Waals surface area contributed by atoms with Gasteiger partial charge in [0.15, 0.2) is 5.58 Å². The number of fused-ring (bicyclic) bond motifs is 1. The number of nitrogens with zero attached hydrogens (tertiary/aromatic N) is 3. The van der Waals surface area contributed by atoms with Crippen molar-refractivity contribution >= 4 is 34.2 Å². The average molecular weight is 484 g/mol. The molecule has 0 aliphatic heterocycles. The minimum atomic E-state index is -3.01. The van der Waals surface area contributed by atoms with Crippen LogP contribution in [0.2, 0.25) is 0 Å². The highest BCUT2D eigenvalue weighted by Gasteiger charge is 2.27. The number of hydrogen-bond acceptors (Lipinski definition) is 7. The summed E-state index contributed by atoms with van der Waals surface area (Å²) in [5.74, 6) is -1.21. The maximum absolute atomic E-state index is 14.5. The van der Waals surface area contributed by atoms with E-state index in [9.17, 15) is 18.0 Å². The van der Waals surface area contributed by atoms with Crippen LogP contribution in [0.25, 0.3) is 11.1 Å². The molecule has 1 unspecified atom stereocenters. The number of rotatable bonds is 8. The van der Waals surface area contributed by atoms with Gasteiger partial charge in [0.1, 0.15) is 11.6 Å². The normalized spacial score (nSPS) is 14.5. The standard InChI is InChI=1S/C24H23F3N6O2/c1-12-11-28-23(32-21(12)30-17-5-6-20-19(10-17)31-24(34)35-20)33(22(26)27)18-8-14(7-15(25)9-18)13(2)29-16-3-4-16/h5-11,13,16,22,29H,3-4H2,1-2H3,(H,31,34)(H,28,30,32). The first-order chi connectivity index (χ1) is 16.8. The Morgan fingerprint density at radius 1 is 1.20 bits per heavy atom. The van der Waals surface area contributed by atoms with E-state index in [4.69, 9.17) is 4.42 Å². The summed E-state index contributed by atoms with van der Waals surface area (Å²) in [6, 6.07) is 8.98. The fourth-order valence-corrected chi connectivity index (χ4v) is 3.84. The van der Waals surface area contributed by atoms with Crippen LogP contribution in [-0.2, 0) is 0 Å². The second-order valence-electron chi connectivity index (χ2n) is 8.61. The zero-order valence-corrected chi connectivity index (χ0v) is 19.0. The van der Waals surface area contributed by atoms with Crippen LogP contribution in [0.3, 0.4) is 0 Å². The number of oxazole rings is 1. The third-order valence-electron chi connectivity index (χ3n) is 5.80. The van der Waals surface area contributed by atoms with Crippen LogP contribution in [0, 0.1) is 12.7 Å². The molecule has 4 aromatic rings. The summed E-state index contributed by atoms with van der Waals surface area (Å²) in [5, 5.41) is 6.41. The van der Waals surface area contributed by atoms with E-state index in [1.54, 1.807) is 25.1 Å². The first-order valence-corrected chi connectivity index (χ1v) is 11.1. The predicted octanol–water partition coefficient (Wildman–Crippen LogP) is 5.28. The number of benzene rings is 2. The topological polar surface area (TPSA) is 99.1 Å². The van der Waals surface area contributed by atoms with Gasteiger partial charge in [-0.1, -0.05) is 0 Å². The quantitative estimate of drug-likeness (QED) is 0.293. The molecule has 1 fully saturated rings. The minimum absolute atomic E-state index is 0.0494. The third kappa shape index (κ3) is 4.99. The molecule has 0 saturated heterocycles. The Hall–Kier alpha value is -3.86. The highest BCUT2D eigenvalue weighted by atomic mass is 19.3. The van der Waals surface area contributed by atoms with Crippen molar-refractivity contribution in [1.29, 1.82) is 0 Å². The van der Waals surface area contributed by atoms with Crippen molar-refractivity contribution in [2.24, 2.45) is 0 Å². The Labute approximate surface area is 198 Å². The number of H-pyrrole nitrogens is 1. The van der Waals surface area contributed by atoms with Gasteiger partial charge in [0.25, 0.3) is 0 Å². The van der Waals surface area contributed by atoms with E-state index >= 15 is 0 Å². The average Bonchev–Trinajstić information content (AvgIpc) is 3.53. The summed E-state index contributed by atoms with van der Waals surface area (Å²) in [6.07, 6.45) is 3.51. The van der Waals surface area contributed by atoms with Gasteiger partial charge in [0.05, 0.1) is 11.2 Å². The van der Waals surface area contributed by atoms with E-state index in [0.717, 1.165) is 18.9 Å². The Morgan fingerprint density at radius 3 is 2.74 bits per heavy atom. The number of anilines is 4. The van der Waals surface area contributed by atoms with Gasteiger partial charge < -0.3 is 15.1 Å². The van der Waals surface area contributed by atoms with Gasteiger partial charge in [-0.25, -0.2) is 14.2 Å². The maximum atomic E-state index is 14.5. The molecule has 0 bridgehead atoms. The molecule has 2 heterocycles. The highest BCUT2D eigenvalue weighted by Crippen LogP contribution is 2.32. The monoisotopic (exact) mass is 484 g/mol. The number of aromatic amines is 1. The van der Waals surface area contributed by atoms with Crippen LogP contribution in [-0.4, -0.2) is 27.5 Å². The number of hydrogen-bond donors (Lipinski definition) is 3. The van der Waals surface area contributed by atoms with Gasteiger partial charge in [0, 0.05) is 29.5 Å². The van der Waals surface area contributed by atoms with E-state index in [0.29, 0.717) is 38.9 Å². The Balaban J connectivity index is 1.47. The Morgan fingerprint density at radius 2 is 2.00 bits per heavy atom. The van der Waals surface area contributed by atoms with Crippen LogP contribution in [0.1, 0.15) is 36.9 Å². The molecule has 182 valence electrons. The molecule has 5 rings (SSSR count). The maximum Gasteiger partial charge on any atom is 0.417 e. The molecular weight excluding hydrogens is 461 g/mol. The molecule has 1 saturated carbocycles. The van der Waals surface area contributed by atoms with Crippen molar-refractivity contribution in [3.8, 4) is 0 Å². The zero-order valence-electron chi connectivity index (χ0n) is 19.0. The van der Waals surface area contributed by atoms with Gasteiger partial charge in [-0.15, -0.1) is 0 Å². The number of alkyl halides is 2. The molecule has 2 aromatic heterocycles. The van der Waals surface area contributed by atoms with Crippen molar-refractivity contribution < 1.29 is 17.6 Å². The summed E-state index contributed by atoms with van der Waals surface area (Å²) < 4.78 is 47.9. The molecule has 8 nitrogen and oxygen atoms in total. The number of nitrogens with one attached hydrogen (secondary N) is 3. The molecule has 11 heteroatoms. The largest absolute Gasteiger partial charge is 0.417 e. The van der Waals surface area contributed by atoms with Gasteiger partial charge in [0.2, 0.25) is 5.95 Å². The molecular formula is C24H23F3N6O2. The van der Waals surface area contributed by atoms with Crippen LogP contribution in [0.4, 0.5) is 36.3 Å². The second-order valence-corrected chi connectivity index (χ2v) is 8.61.